The summed E-state index contributed by atoms with van der Waals surface area (Å²) in [6, 6.07) is 170. The van der Waals surface area contributed by atoms with Crippen molar-refractivity contribution >= 4 is 112 Å². The van der Waals surface area contributed by atoms with Gasteiger partial charge in [0.05, 0.1) is 33.1 Å². The molecule has 4 aliphatic rings. The van der Waals surface area contributed by atoms with E-state index in [2.05, 4.69) is 467 Å². The SMILES string of the molecule is c1ccc(-c2cc(-c3ccccc3)cc(-c3ccc4c(c3)-n3c5cc(-c6cc(-c7ccccc7)cc(-c7ccccc7)c6)ccc5c5ccc6c(c53)B4n3c4c-6cccc4c4c3c3cccc5c3n4B3c4ccc(-c6cc(-c7ccccc7)cc(-c7ccccc7)c6)cc4-n4c6cc(-c7cc(-c8ccccc8)cc(-c8ccccc8)c7)ccc6c6ccc-5c3c64)c2)cc1. The number of nitrogens with zero attached hydrogens (tertiary/aromatic N) is 4. The molecule has 4 nitrogen and oxygen atoms in total. The van der Waals surface area contributed by atoms with Crippen LogP contribution in [-0.2, 0) is 0 Å². The van der Waals surface area contributed by atoms with Crippen LogP contribution in [0.5, 0.6) is 0 Å². The molecule has 24 aromatic rings. The number of para-hydroxylation sites is 2. The van der Waals surface area contributed by atoms with Gasteiger partial charge in [-0.15, -0.1) is 0 Å². The average Bonchev–Trinajstić information content (AvgIpc) is 1.48. The third-order valence-electron chi connectivity index (χ3n) is 28.4. The molecule has 4 aliphatic heterocycles. The number of rotatable bonds is 12. The van der Waals surface area contributed by atoms with Crippen LogP contribution in [0.4, 0.5) is 0 Å². The van der Waals surface area contributed by atoms with Gasteiger partial charge in [-0.3, -0.25) is 0 Å². The number of hydrogen-bond acceptors (Lipinski definition) is 0. The van der Waals surface area contributed by atoms with Gasteiger partial charge in [-0.05, 0) is 264 Å². The van der Waals surface area contributed by atoms with E-state index in [9.17, 15) is 0 Å². The molecular formula is C122H74B2N4. The lowest BCUT2D eigenvalue weighted by molar-refractivity contribution is 1.18. The molecule has 0 radical (unpaired) electrons. The first-order valence-electron chi connectivity index (χ1n) is 44.6. The van der Waals surface area contributed by atoms with Gasteiger partial charge in [0, 0.05) is 65.9 Å². The van der Waals surface area contributed by atoms with Crippen LogP contribution in [-0.4, -0.2) is 31.8 Å². The van der Waals surface area contributed by atoms with Gasteiger partial charge in [0.1, 0.15) is 0 Å². The van der Waals surface area contributed by atoms with Gasteiger partial charge < -0.3 is 18.1 Å². The van der Waals surface area contributed by atoms with Crippen molar-refractivity contribution in [1.29, 1.82) is 0 Å². The van der Waals surface area contributed by atoms with Gasteiger partial charge in [0.25, 0.3) is 0 Å². The standard InChI is InChI=1S/C122H74B2N4/c1-9-27-75(28-10-1)87-59-88(76-29-11-2-12-30-76)64-95(63-87)83-47-51-99-105-55-53-101-103-43-25-45-107-117(103)127(123-109-57-49-85(73-113(109)125(111(99)71-83)119(105)115(101)123)97-67-91(79-35-17-5-18-36-79)61-92(68-97)80-37-19-6-20-38-80)121-108-46-26-44-104-102-54-56-106-100-52-48-84(96-65-89(77-31-13-3-14-32-77)60-90(66-96)78-33-15-4-16-34-78)72-112(100)126-114-74-86(50-58-110(114)124(116(102)120(106)126)128(118(104)108)122(107)121)98-69-93(81-39-21-7-22-40-81)62-94(70-98)82-41-23-8-24-42-82/h1-74H. The summed E-state index contributed by atoms with van der Waals surface area (Å²) in [5.74, 6) is 0. The Labute approximate surface area is 740 Å². The maximum atomic E-state index is 2.84. The lowest BCUT2D eigenvalue weighted by Gasteiger charge is -2.34. The molecule has 8 heterocycles. The molecule has 0 N–H and O–H groups in total. The molecule has 0 amide bonds. The van der Waals surface area contributed by atoms with Crippen molar-refractivity contribution in [1.82, 2.24) is 18.1 Å². The van der Waals surface area contributed by atoms with Gasteiger partial charge in [0.15, 0.2) is 0 Å². The minimum absolute atomic E-state index is 0.240. The fourth-order valence-corrected chi connectivity index (χ4v) is 22.7. The average molecular weight is 1620 g/mol. The minimum Gasteiger partial charge on any atom is -0.374 e. The Morgan fingerprint density at radius 1 is 0.141 bits per heavy atom. The van der Waals surface area contributed by atoms with Crippen molar-refractivity contribution < 1.29 is 0 Å². The number of aromatic nitrogens is 4. The zero-order chi connectivity index (χ0) is 83.5. The molecule has 0 atom stereocenters. The molecule has 0 bridgehead atoms. The van der Waals surface area contributed by atoms with Gasteiger partial charge in [-0.25, -0.2) is 0 Å². The Hall–Kier alpha value is -16.5. The lowest BCUT2D eigenvalue weighted by atomic mass is 9.45. The van der Waals surface area contributed by atoms with Gasteiger partial charge >= 0.3 is 13.7 Å². The number of fused-ring (bicyclic) bond motifs is 21. The Morgan fingerprint density at radius 3 is 0.656 bits per heavy atom. The van der Waals surface area contributed by atoms with E-state index in [1.807, 2.05) is 0 Å². The second kappa shape index (κ2) is 27.5. The maximum Gasteiger partial charge on any atom is 0.333 e. The first-order chi connectivity index (χ1) is 63.5. The number of hydrogen-bond donors (Lipinski definition) is 0. The monoisotopic (exact) mass is 1620 g/mol. The summed E-state index contributed by atoms with van der Waals surface area (Å²) in [6.45, 7) is -0.481. The maximum absolute atomic E-state index is 2.84. The molecule has 0 saturated heterocycles. The van der Waals surface area contributed by atoms with Crippen LogP contribution in [0.3, 0.4) is 0 Å². The van der Waals surface area contributed by atoms with Crippen molar-refractivity contribution in [3.05, 3.63) is 449 Å². The summed E-state index contributed by atoms with van der Waals surface area (Å²) in [7, 11) is 0. The highest BCUT2D eigenvalue weighted by atomic mass is 15.1. The van der Waals surface area contributed by atoms with Crippen LogP contribution < -0.4 is 21.9 Å². The van der Waals surface area contributed by atoms with E-state index >= 15 is 0 Å². The first-order valence-corrected chi connectivity index (χ1v) is 44.6. The van der Waals surface area contributed by atoms with Crippen LogP contribution in [0.15, 0.2) is 449 Å². The third-order valence-corrected chi connectivity index (χ3v) is 28.4. The van der Waals surface area contributed by atoms with E-state index in [0.29, 0.717) is 0 Å². The predicted molar refractivity (Wildman–Crippen MR) is 541 cm³/mol. The summed E-state index contributed by atoms with van der Waals surface area (Å²) in [5, 5.41) is 7.44. The summed E-state index contributed by atoms with van der Waals surface area (Å²) < 4.78 is 11.1. The van der Waals surface area contributed by atoms with Crippen molar-refractivity contribution in [2.75, 3.05) is 0 Å². The van der Waals surface area contributed by atoms with Crippen LogP contribution in [0.2, 0.25) is 0 Å². The second-order valence-electron chi connectivity index (χ2n) is 35.3. The molecule has 0 fully saturated rings. The lowest BCUT2D eigenvalue weighted by Crippen LogP contribution is -2.55. The van der Waals surface area contributed by atoms with Crippen molar-refractivity contribution in [3.63, 3.8) is 0 Å². The molecule has 0 unspecified atom stereocenters. The molecule has 6 heteroatoms. The van der Waals surface area contributed by atoms with Crippen LogP contribution in [0.25, 0.3) is 244 Å². The zero-order valence-electron chi connectivity index (χ0n) is 69.7. The van der Waals surface area contributed by atoms with Gasteiger partial charge in [-0.2, -0.15) is 0 Å². The summed E-state index contributed by atoms with van der Waals surface area (Å²) in [5.41, 5.74) is 50.8. The molecule has 0 saturated carbocycles. The Bertz CT molecular complexity index is 8090. The minimum atomic E-state index is -0.240. The van der Waals surface area contributed by atoms with E-state index in [0.717, 1.165) is 33.4 Å². The fourth-order valence-electron chi connectivity index (χ4n) is 22.7. The first kappa shape index (κ1) is 70.9. The Morgan fingerprint density at radius 2 is 0.383 bits per heavy atom. The second-order valence-corrected chi connectivity index (χ2v) is 35.3. The fraction of sp³-hybridized carbons (Fsp3) is 0. The molecule has 0 spiro atoms. The van der Waals surface area contributed by atoms with E-state index in [1.54, 1.807) is 0 Å². The summed E-state index contributed by atoms with van der Waals surface area (Å²) in [6.07, 6.45) is 0. The topological polar surface area (TPSA) is 19.7 Å². The quantitative estimate of drug-likeness (QED) is 0.109. The van der Waals surface area contributed by atoms with Crippen molar-refractivity contribution in [2.45, 2.75) is 0 Å². The molecule has 128 heavy (non-hydrogen) atoms. The van der Waals surface area contributed by atoms with Crippen LogP contribution in [0, 0.1) is 0 Å². The third kappa shape index (κ3) is 10.5. The predicted octanol–water partition coefficient (Wildman–Crippen LogP) is 28.8. The molecule has 4 aromatic heterocycles. The van der Waals surface area contributed by atoms with Crippen LogP contribution >= 0.6 is 0 Å². The Balaban J connectivity index is 0.703. The van der Waals surface area contributed by atoms with E-state index in [-0.39, 0.29) is 13.7 Å². The summed E-state index contributed by atoms with van der Waals surface area (Å²) >= 11 is 0. The molecular weight excluding hydrogens is 1540 g/mol. The van der Waals surface area contributed by atoms with Crippen molar-refractivity contribution in [3.8, 4) is 167 Å². The molecule has 20 aromatic carbocycles. The molecule has 588 valence electrons. The van der Waals surface area contributed by atoms with E-state index < -0.39 is 0 Å². The highest BCUT2D eigenvalue weighted by Gasteiger charge is 2.47. The Kier molecular flexibility index (Phi) is 15.2. The highest BCUT2D eigenvalue weighted by Crippen LogP contribution is 2.53. The largest absolute Gasteiger partial charge is 0.374 e. The van der Waals surface area contributed by atoms with Crippen molar-refractivity contribution in [2.24, 2.45) is 0 Å². The number of benzene rings is 20. The smallest absolute Gasteiger partial charge is 0.333 e. The molecule has 0 aliphatic carbocycles. The highest BCUT2D eigenvalue weighted by molar-refractivity contribution is 6.92. The van der Waals surface area contributed by atoms with Gasteiger partial charge in [-0.1, -0.05) is 352 Å². The zero-order valence-corrected chi connectivity index (χ0v) is 69.7. The van der Waals surface area contributed by atoms with Gasteiger partial charge in [0.2, 0.25) is 0 Å². The van der Waals surface area contributed by atoms with E-state index in [1.165, 1.54) is 232 Å². The normalized spacial score (nSPS) is 12.5. The summed E-state index contributed by atoms with van der Waals surface area (Å²) in [4.78, 5) is 0. The molecule has 28 rings (SSSR count). The van der Waals surface area contributed by atoms with E-state index in [4.69, 9.17) is 0 Å². The van der Waals surface area contributed by atoms with Crippen LogP contribution in [0.1, 0.15) is 0 Å².